The third kappa shape index (κ3) is 4.82. The first kappa shape index (κ1) is 16.5. The van der Waals surface area contributed by atoms with Gasteiger partial charge >= 0.3 is 0 Å². The number of rotatable bonds is 5. The van der Waals surface area contributed by atoms with E-state index in [0.717, 1.165) is 13.1 Å². The second-order valence-corrected chi connectivity index (χ2v) is 5.59. The Kier molecular flexibility index (Phi) is 5.91. The van der Waals surface area contributed by atoms with Crippen molar-refractivity contribution in [1.29, 1.82) is 0 Å². The fourth-order valence-electron chi connectivity index (χ4n) is 2.28. The Hall–Kier alpha value is -1.92. The van der Waals surface area contributed by atoms with Crippen molar-refractivity contribution in [3.63, 3.8) is 0 Å². The Morgan fingerprint density at radius 1 is 1.32 bits per heavy atom. The van der Waals surface area contributed by atoms with Crippen LogP contribution in [0, 0.1) is 0 Å². The number of ether oxygens (including phenoxy) is 1. The van der Waals surface area contributed by atoms with Crippen LogP contribution in [0.1, 0.15) is 5.56 Å². The van der Waals surface area contributed by atoms with Gasteiger partial charge in [0.1, 0.15) is 6.10 Å². The summed E-state index contributed by atoms with van der Waals surface area (Å²) in [7, 11) is 3.32. The van der Waals surface area contributed by atoms with Crippen LogP contribution in [0.2, 0.25) is 0 Å². The number of amides is 2. The molecule has 0 saturated carbocycles. The maximum absolute atomic E-state index is 12.1. The van der Waals surface area contributed by atoms with Gasteiger partial charge in [-0.2, -0.15) is 0 Å². The maximum atomic E-state index is 12.1. The van der Waals surface area contributed by atoms with Gasteiger partial charge in [0.15, 0.2) is 0 Å². The number of likely N-dealkylation sites (N-methyl/N-ethyl adjacent to an activating group) is 1. The van der Waals surface area contributed by atoms with Gasteiger partial charge in [0.2, 0.25) is 5.91 Å². The highest BCUT2D eigenvalue weighted by Gasteiger charge is 2.26. The van der Waals surface area contributed by atoms with Crippen molar-refractivity contribution >= 4 is 11.8 Å². The fourth-order valence-corrected chi connectivity index (χ4v) is 2.28. The SMILES string of the molecule is CN(C)C(=O)CNC(=O)[C@H]1CN(Cc2ccccc2)CCO1. The number of benzene rings is 1. The van der Waals surface area contributed by atoms with Crippen molar-refractivity contribution in [2.24, 2.45) is 0 Å². The first-order valence-corrected chi connectivity index (χ1v) is 7.42. The molecule has 120 valence electrons. The summed E-state index contributed by atoms with van der Waals surface area (Å²) in [6.45, 7) is 2.66. The van der Waals surface area contributed by atoms with Crippen LogP contribution in [0.4, 0.5) is 0 Å². The van der Waals surface area contributed by atoms with E-state index in [4.69, 9.17) is 4.74 Å². The van der Waals surface area contributed by atoms with E-state index in [2.05, 4.69) is 22.3 Å². The highest BCUT2D eigenvalue weighted by Crippen LogP contribution is 2.10. The van der Waals surface area contributed by atoms with Gasteiger partial charge in [-0.25, -0.2) is 0 Å². The van der Waals surface area contributed by atoms with Gasteiger partial charge in [-0.3, -0.25) is 14.5 Å². The average Bonchev–Trinajstić information content (AvgIpc) is 2.53. The van der Waals surface area contributed by atoms with E-state index in [-0.39, 0.29) is 18.4 Å². The monoisotopic (exact) mass is 305 g/mol. The normalized spacial score (nSPS) is 18.7. The molecule has 0 spiro atoms. The molecule has 2 rings (SSSR count). The number of hydrogen-bond acceptors (Lipinski definition) is 4. The lowest BCUT2D eigenvalue weighted by molar-refractivity contribution is -0.141. The van der Waals surface area contributed by atoms with Crippen molar-refractivity contribution in [2.45, 2.75) is 12.6 Å². The third-order valence-corrected chi connectivity index (χ3v) is 3.60. The van der Waals surface area contributed by atoms with Crippen molar-refractivity contribution in [2.75, 3.05) is 40.3 Å². The minimum Gasteiger partial charge on any atom is -0.366 e. The van der Waals surface area contributed by atoms with Gasteiger partial charge < -0.3 is 15.0 Å². The number of carbonyl (C=O) groups excluding carboxylic acids is 2. The second-order valence-electron chi connectivity index (χ2n) is 5.59. The molecular formula is C16H23N3O3. The van der Waals surface area contributed by atoms with Gasteiger partial charge in [-0.1, -0.05) is 30.3 Å². The standard InChI is InChI=1S/C16H23N3O3/c1-18(2)15(20)10-17-16(21)14-12-19(8-9-22-14)11-13-6-4-3-5-7-13/h3-7,14H,8-12H2,1-2H3,(H,17,21)/t14-/m1/s1. The summed E-state index contributed by atoms with van der Waals surface area (Å²) >= 11 is 0. The first-order valence-electron chi connectivity index (χ1n) is 7.42. The Labute approximate surface area is 131 Å². The van der Waals surface area contributed by atoms with Crippen LogP contribution in [0.25, 0.3) is 0 Å². The van der Waals surface area contributed by atoms with Crippen LogP contribution in [0.5, 0.6) is 0 Å². The third-order valence-electron chi connectivity index (χ3n) is 3.60. The lowest BCUT2D eigenvalue weighted by Crippen LogP contribution is -2.50. The molecule has 2 amide bonds. The minimum atomic E-state index is -0.521. The fraction of sp³-hybridized carbons (Fsp3) is 0.500. The summed E-state index contributed by atoms with van der Waals surface area (Å²) in [5, 5.41) is 2.64. The van der Waals surface area contributed by atoms with Crippen molar-refractivity contribution in [3.05, 3.63) is 35.9 Å². The van der Waals surface area contributed by atoms with Gasteiger partial charge in [-0.15, -0.1) is 0 Å². The summed E-state index contributed by atoms with van der Waals surface area (Å²) in [6, 6.07) is 10.1. The van der Waals surface area contributed by atoms with Crippen molar-refractivity contribution in [3.8, 4) is 0 Å². The van der Waals surface area contributed by atoms with E-state index in [9.17, 15) is 9.59 Å². The summed E-state index contributed by atoms with van der Waals surface area (Å²) < 4.78 is 5.52. The van der Waals surface area contributed by atoms with Crippen LogP contribution in [0.3, 0.4) is 0 Å². The van der Waals surface area contributed by atoms with Gasteiger partial charge in [0.25, 0.3) is 5.91 Å². The molecule has 6 heteroatoms. The molecule has 0 radical (unpaired) electrons. The molecule has 1 atom stereocenters. The van der Waals surface area contributed by atoms with Crippen LogP contribution in [-0.2, 0) is 20.9 Å². The molecular weight excluding hydrogens is 282 g/mol. The van der Waals surface area contributed by atoms with E-state index in [0.29, 0.717) is 13.2 Å². The first-order chi connectivity index (χ1) is 10.6. The summed E-state index contributed by atoms with van der Waals surface area (Å²) in [5.41, 5.74) is 1.21. The van der Waals surface area contributed by atoms with Crippen molar-refractivity contribution in [1.82, 2.24) is 15.1 Å². The summed E-state index contributed by atoms with van der Waals surface area (Å²) in [4.78, 5) is 27.2. The zero-order valence-corrected chi connectivity index (χ0v) is 13.1. The molecule has 22 heavy (non-hydrogen) atoms. The predicted octanol–water partition coefficient (Wildman–Crippen LogP) is 0.0918. The maximum Gasteiger partial charge on any atom is 0.250 e. The average molecular weight is 305 g/mol. The zero-order valence-electron chi connectivity index (χ0n) is 13.1. The van der Waals surface area contributed by atoms with Crippen LogP contribution < -0.4 is 5.32 Å². The highest BCUT2D eigenvalue weighted by atomic mass is 16.5. The molecule has 1 saturated heterocycles. The van der Waals surface area contributed by atoms with E-state index < -0.39 is 6.10 Å². The molecule has 0 aromatic heterocycles. The number of nitrogens with one attached hydrogen (secondary N) is 1. The van der Waals surface area contributed by atoms with Crippen LogP contribution >= 0.6 is 0 Å². The largest absolute Gasteiger partial charge is 0.366 e. The molecule has 0 unspecified atom stereocenters. The molecule has 0 bridgehead atoms. The van der Waals surface area contributed by atoms with E-state index >= 15 is 0 Å². The molecule has 1 fully saturated rings. The lowest BCUT2D eigenvalue weighted by Gasteiger charge is -2.32. The molecule has 1 aliphatic heterocycles. The molecule has 1 heterocycles. The Morgan fingerprint density at radius 3 is 2.73 bits per heavy atom. The highest BCUT2D eigenvalue weighted by molar-refractivity contribution is 5.86. The number of nitrogens with zero attached hydrogens (tertiary/aromatic N) is 2. The van der Waals surface area contributed by atoms with E-state index in [1.807, 2.05) is 18.2 Å². The van der Waals surface area contributed by atoms with E-state index in [1.165, 1.54) is 10.5 Å². The molecule has 1 N–H and O–H groups in total. The van der Waals surface area contributed by atoms with Gasteiger partial charge in [0.05, 0.1) is 13.2 Å². The molecule has 6 nitrogen and oxygen atoms in total. The van der Waals surface area contributed by atoms with E-state index in [1.54, 1.807) is 14.1 Å². The zero-order chi connectivity index (χ0) is 15.9. The van der Waals surface area contributed by atoms with Crippen molar-refractivity contribution < 1.29 is 14.3 Å². The van der Waals surface area contributed by atoms with Crippen LogP contribution in [0.15, 0.2) is 30.3 Å². The topological polar surface area (TPSA) is 61.9 Å². The molecule has 1 aliphatic rings. The van der Waals surface area contributed by atoms with Crippen LogP contribution in [-0.4, -0.2) is 68.1 Å². The van der Waals surface area contributed by atoms with Gasteiger partial charge in [-0.05, 0) is 5.56 Å². The minimum absolute atomic E-state index is 0.00434. The molecule has 1 aromatic carbocycles. The van der Waals surface area contributed by atoms with Gasteiger partial charge in [0, 0.05) is 33.7 Å². The lowest BCUT2D eigenvalue weighted by atomic mass is 10.2. The number of hydrogen-bond donors (Lipinski definition) is 1. The Bertz CT molecular complexity index is 505. The number of carbonyl (C=O) groups is 2. The molecule has 1 aromatic rings. The predicted molar refractivity (Wildman–Crippen MR) is 83.2 cm³/mol. The molecule has 0 aliphatic carbocycles. The second kappa shape index (κ2) is 7.91. The Morgan fingerprint density at radius 2 is 2.05 bits per heavy atom. The number of morpholine rings is 1. The Balaban J connectivity index is 1.82. The summed E-state index contributed by atoms with van der Waals surface area (Å²) in [6.07, 6.45) is -0.521. The smallest absolute Gasteiger partial charge is 0.250 e. The quantitative estimate of drug-likeness (QED) is 0.838. The summed E-state index contributed by atoms with van der Waals surface area (Å²) in [5.74, 6) is -0.363.